The first kappa shape index (κ1) is 11.9. The highest BCUT2D eigenvalue weighted by molar-refractivity contribution is 5.49. The molecule has 1 aromatic carbocycles. The largest absolute Gasteiger partial charge is 0.367 e. The van der Waals surface area contributed by atoms with Crippen molar-refractivity contribution in [1.82, 2.24) is 9.97 Å². The summed E-state index contributed by atoms with van der Waals surface area (Å²) >= 11 is 0. The van der Waals surface area contributed by atoms with E-state index in [-0.39, 0.29) is 0 Å². The minimum atomic E-state index is 0.504. The van der Waals surface area contributed by atoms with E-state index in [0.717, 1.165) is 25.1 Å². The van der Waals surface area contributed by atoms with E-state index in [4.69, 9.17) is 0 Å². The Labute approximate surface area is 119 Å². The molecule has 20 heavy (non-hydrogen) atoms. The molecule has 2 aliphatic rings. The van der Waals surface area contributed by atoms with Crippen LogP contribution in [-0.4, -0.2) is 16.0 Å². The maximum Gasteiger partial charge on any atom is 0.133 e. The number of nitrogens with one attached hydrogen (secondary N) is 1. The number of hydrogen-bond acceptors (Lipinski definition) is 3. The van der Waals surface area contributed by atoms with E-state index in [2.05, 4.69) is 39.6 Å². The van der Waals surface area contributed by atoms with Crippen molar-refractivity contribution in [1.29, 1.82) is 0 Å². The van der Waals surface area contributed by atoms with Gasteiger partial charge in [-0.1, -0.05) is 24.3 Å². The van der Waals surface area contributed by atoms with Crippen LogP contribution in [0.5, 0.6) is 0 Å². The fourth-order valence-corrected chi connectivity index (χ4v) is 3.50. The number of hydrogen-bond donors (Lipinski definition) is 1. The van der Waals surface area contributed by atoms with Gasteiger partial charge in [0.1, 0.15) is 12.1 Å². The Morgan fingerprint density at radius 1 is 1.00 bits per heavy atom. The van der Waals surface area contributed by atoms with E-state index in [9.17, 15) is 0 Å². The van der Waals surface area contributed by atoms with E-state index in [1.807, 2.05) is 0 Å². The van der Waals surface area contributed by atoms with Crippen LogP contribution in [-0.2, 0) is 25.7 Å². The molecule has 1 heterocycles. The van der Waals surface area contributed by atoms with E-state index in [1.54, 1.807) is 6.33 Å². The molecule has 3 heteroatoms. The number of nitrogens with zero attached hydrogens (tertiary/aromatic N) is 2. The summed E-state index contributed by atoms with van der Waals surface area (Å²) in [6.07, 6.45) is 8.63. The van der Waals surface area contributed by atoms with Gasteiger partial charge in [-0.2, -0.15) is 0 Å². The van der Waals surface area contributed by atoms with Gasteiger partial charge in [0, 0.05) is 17.3 Å². The summed E-state index contributed by atoms with van der Waals surface area (Å²) in [5.41, 5.74) is 5.60. The molecule has 0 radical (unpaired) electrons. The Hall–Kier alpha value is -1.90. The molecule has 0 saturated heterocycles. The average molecular weight is 265 g/mol. The monoisotopic (exact) mass is 265 g/mol. The van der Waals surface area contributed by atoms with Crippen molar-refractivity contribution in [3.05, 3.63) is 53.0 Å². The lowest BCUT2D eigenvalue weighted by Crippen LogP contribution is -2.28. The second kappa shape index (κ2) is 4.89. The molecule has 4 rings (SSSR count). The summed E-state index contributed by atoms with van der Waals surface area (Å²) in [7, 11) is 0. The first-order valence-electron chi connectivity index (χ1n) is 7.56. The van der Waals surface area contributed by atoms with Crippen molar-refractivity contribution in [2.45, 2.75) is 44.6 Å². The molecule has 0 spiro atoms. The van der Waals surface area contributed by atoms with Crippen LogP contribution in [0.1, 0.15) is 35.2 Å². The van der Waals surface area contributed by atoms with E-state index >= 15 is 0 Å². The Kier molecular flexibility index (Phi) is 2.91. The van der Waals surface area contributed by atoms with Gasteiger partial charge in [-0.15, -0.1) is 0 Å². The smallest absolute Gasteiger partial charge is 0.133 e. The highest BCUT2D eigenvalue weighted by Gasteiger charge is 2.22. The Morgan fingerprint density at radius 3 is 2.85 bits per heavy atom. The van der Waals surface area contributed by atoms with Gasteiger partial charge in [0.25, 0.3) is 0 Å². The molecule has 3 nitrogen and oxygen atoms in total. The second-order valence-electron chi connectivity index (χ2n) is 5.85. The van der Waals surface area contributed by atoms with Gasteiger partial charge in [0.05, 0.1) is 0 Å². The van der Waals surface area contributed by atoms with Gasteiger partial charge in [-0.3, -0.25) is 0 Å². The predicted octanol–water partition coefficient (Wildman–Crippen LogP) is 2.93. The lowest BCUT2D eigenvalue weighted by Gasteiger charge is -2.26. The van der Waals surface area contributed by atoms with Crippen molar-refractivity contribution in [3.8, 4) is 0 Å². The second-order valence-corrected chi connectivity index (χ2v) is 5.85. The van der Waals surface area contributed by atoms with Crippen LogP contribution < -0.4 is 5.32 Å². The molecule has 1 aromatic heterocycles. The zero-order valence-electron chi connectivity index (χ0n) is 11.6. The van der Waals surface area contributed by atoms with Gasteiger partial charge in [0.2, 0.25) is 0 Å². The maximum atomic E-state index is 4.48. The van der Waals surface area contributed by atoms with Gasteiger partial charge >= 0.3 is 0 Å². The third-order valence-corrected chi connectivity index (χ3v) is 4.56. The third kappa shape index (κ3) is 2.07. The van der Waals surface area contributed by atoms with Gasteiger partial charge < -0.3 is 5.32 Å². The normalized spacial score (nSPS) is 20.3. The fourth-order valence-electron chi connectivity index (χ4n) is 3.50. The number of fused-ring (bicyclic) bond motifs is 2. The maximum absolute atomic E-state index is 4.48. The lowest BCUT2D eigenvalue weighted by molar-refractivity contribution is 0.607. The average Bonchev–Trinajstić information content (AvgIpc) is 2.97. The van der Waals surface area contributed by atoms with Crippen molar-refractivity contribution in [2.75, 3.05) is 5.32 Å². The van der Waals surface area contributed by atoms with Crippen LogP contribution in [0.3, 0.4) is 0 Å². The number of anilines is 1. The molecule has 1 unspecified atom stereocenters. The Bertz CT molecular complexity index is 636. The van der Waals surface area contributed by atoms with Crippen LogP contribution >= 0.6 is 0 Å². The number of aryl methyl sites for hydroxylation is 2. The van der Waals surface area contributed by atoms with Crippen LogP contribution in [0.15, 0.2) is 30.6 Å². The molecule has 1 atom stereocenters. The molecular formula is C17H19N3. The van der Waals surface area contributed by atoms with Gasteiger partial charge in [0.15, 0.2) is 0 Å². The molecule has 102 valence electrons. The van der Waals surface area contributed by atoms with Crippen molar-refractivity contribution in [3.63, 3.8) is 0 Å². The zero-order chi connectivity index (χ0) is 13.4. The molecule has 0 fully saturated rings. The summed E-state index contributed by atoms with van der Waals surface area (Å²) in [6, 6.07) is 9.30. The first-order valence-corrected chi connectivity index (χ1v) is 7.56. The number of benzene rings is 1. The summed E-state index contributed by atoms with van der Waals surface area (Å²) < 4.78 is 0. The van der Waals surface area contributed by atoms with Gasteiger partial charge in [-0.05, 0) is 49.7 Å². The summed E-state index contributed by atoms with van der Waals surface area (Å²) in [5.74, 6) is 1.08. The standard InChI is InChI=1S/C17H19N3/c1-2-5-13-10-14(9-8-12(13)4-1)20-17-15-6-3-7-16(15)18-11-19-17/h1-2,4-5,11,14H,3,6-10H2,(H,18,19,20). The van der Waals surface area contributed by atoms with Crippen LogP contribution in [0.25, 0.3) is 0 Å². The highest BCUT2D eigenvalue weighted by Crippen LogP contribution is 2.28. The van der Waals surface area contributed by atoms with Crippen LogP contribution in [0.4, 0.5) is 5.82 Å². The predicted molar refractivity (Wildman–Crippen MR) is 79.9 cm³/mol. The third-order valence-electron chi connectivity index (χ3n) is 4.56. The summed E-state index contributed by atoms with van der Waals surface area (Å²) in [4.78, 5) is 8.88. The van der Waals surface area contributed by atoms with E-state index < -0.39 is 0 Å². The van der Waals surface area contributed by atoms with Crippen LogP contribution in [0, 0.1) is 0 Å². The van der Waals surface area contributed by atoms with Crippen LogP contribution in [0.2, 0.25) is 0 Å². The summed E-state index contributed by atoms with van der Waals surface area (Å²) in [6.45, 7) is 0. The SMILES string of the molecule is c1ccc2c(c1)CCC(Nc1ncnc3c1CCC3)C2. The molecule has 1 N–H and O–H groups in total. The number of aromatic nitrogens is 2. The molecule has 0 bridgehead atoms. The fraction of sp³-hybridized carbons (Fsp3) is 0.412. The van der Waals surface area contributed by atoms with E-state index in [0.29, 0.717) is 6.04 Å². The van der Waals surface area contributed by atoms with Crippen molar-refractivity contribution < 1.29 is 0 Å². The Morgan fingerprint density at radius 2 is 1.90 bits per heavy atom. The molecule has 0 aliphatic heterocycles. The van der Waals surface area contributed by atoms with E-state index in [1.165, 1.54) is 41.6 Å². The minimum Gasteiger partial charge on any atom is -0.367 e. The van der Waals surface area contributed by atoms with Crippen molar-refractivity contribution >= 4 is 5.82 Å². The molecule has 2 aliphatic carbocycles. The topological polar surface area (TPSA) is 37.8 Å². The number of rotatable bonds is 2. The molecule has 2 aromatic rings. The molecule has 0 amide bonds. The lowest BCUT2D eigenvalue weighted by atomic mass is 9.88. The van der Waals surface area contributed by atoms with Crippen molar-refractivity contribution in [2.24, 2.45) is 0 Å². The van der Waals surface area contributed by atoms with Gasteiger partial charge in [-0.25, -0.2) is 9.97 Å². The summed E-state index contributed by atoms with van der Waals surface area (Å²) in [5, 5.41) is 3.67. The molecule has 0 saturated carbocycles. The molecular weight excluding hydrogens is 246 g/mol. The minimum absolute atomic E-state index is 0.504. The quantitative estimate of drug-likeness (QED) is 0.907. The highest BCUT2D eigenvalue weighted by atomic mass is 15.0. The zero-order valence-corrected chi connectivity index (χ0v) is 11.6. The first-order chi connectivity index (χ1) is 9.90. The Balaban J connectivity index is 1.55.